The van der Waals surface area contributed by atoms with Gasteiger partial charge in [0.05, 0.1) is 11.4 Å². The summed E-state index contributed by atoms with van der Waals surface area (Å²) in [5.74, 6) is -0.341. The molecule has 2 aliphatic rings. The monoisotopic (exact) mass is 383 g/mol. The lowest BCUT2D eigenvalue weighted by Crippen LogP contribution is -2.42. The second kappa shape index (κ2) is 7.09. The molecule has 0 radical (unpaired) electrons. The number of hydrogen-bond acceptors (Lipinski definition) is 3. The van der Waals surface area contributed by atoms with Crippen LogP contribution >= 0.6 is 0 Å². The second-order valence-corrected chi connectivity index (χ2v) is 7.45. The molecule has 2 amide bonds. The van der Waals surface area contributed by atoms with E-state index in [1.54, 1.807) is 4.90 Å². The number of carbonyl (C=O) groups is 2. The SMILES string of the molecule is O=C1CN(C(=O)c2ccc(CN3CCc4ccccc43)cc2)c2ccccc2N1. The average molecular weight is 383 g/mol. The molecule has 0 saturated carbocycles. The number of fused-ring (bicyclic) bond motifs is 2. The van der Waals surface area contributed by atoms with Crippen LogP contribution in [-0.4, -0.2) is 24.9 Å². The minimum atomic E-state index is -0.179. The summed E-state index contributed by atoms with van der Waals surface area (Å²) in [5.41, 5.74) is 5.83. The van der Waals surface area contributed by atoms with Gasteiger partial charge < -0.3 is 10.2 Å². The molecule has 0 atom stereocenters. The number of hydrogen-bond donors (Lipinski definition) is 1. The third-order valence-electron chi connectivity index (χ3n) is 5.57. The van der Waals surface area contributed by atoms with Crippen molar-refractivity contribution in [3.63, 3.8) is 0 Å². The van der Waals surface area contributed by atoms with E-state index in [1.165, 1.54) is 11.3 Å². The highest BCUT2D eigenvalue weighted by Crippen LogP contribution is 2.31. The van der Waals surface area contributed by atoms with E-state index in [2.05, 4.69) is 34.5 Å². The molecule has 0 unspecified atom stereocenters. The van der Waals surface area contributed by atoms with E-state index >= 15 is 0 Å². The first kappa shape index (κ1) is 17.5. The molecule has 2 heterocycles. The fraction of sp³-hybridized carbons (Fsp3) is 0.167. The number of rotatable bonds is 3. The molecule has 0 aromatic heterocycles. The molecule has 0 saturated heterocycles. The lowest BCUT2D eigenvalue weighted by Gasteiger charge is -2.29. The van der Waals surface area contributed by atoms with E-state index in [1.807, 2.05) is 48.5 Å². The van der Waals surface area contributed by atoms with E-state index < -0.39 is 0 Å². The highest BCUT2D eigenvalue weighted by atomic mass is 16.2. The Bertz CT molecular complexity index is 1090. The standard InChI is InChI=1S/C24H21N3O2/c28-23-16-27(22-8-4-2-6-20(22)25-23)24(29)19-11-9-17(10-12-19)15-26-14-13-18-5-1-3-7-21(18)26/h1-12H,13-16H2,(H,25,28). The van der Waals surface area contributed by atoms with Gasteiger partial charge in [-0.3, -0.25) is 14.5 Å². The molecule has 3 aromatic rings. The smallest absolute Gasteiger partial charge is 0.258 e. The van der Waals surface area contributed by atoms with Gasteiger partial charge in [-0.1, -0.05) is 42.5 Å². The van der Waals surface area contributed by atoms with E-state index in [0.29, 0.717) is 11.3 Å². The third-order valence-corrected chi connectivity index (χ3v) is 5.57. The van der Waals surface area contributed by atoms with Gasteiger partial charge in [0, 0.05) is 24.3 Å². The zero-order valence-electron chi connectivity index (χ0n) is 16.0. The maximum absolute atomic E-state index is 13.1. The lowest BCUT2D eigenvalue weighted by molar-refractivity contribution is -0.115. The Balaban J connectivity index is 1.35. The van der Waals surface area contributed by atoms with Gasteiger partial charge >= 0.3 is 0 Å². The van der Waals surface area contributed by atoms with Gasteiger partial charge in [-0.25, -0.2) is 0 Å². The van der Waals surface area contributed by atoms with Crippen LogP contribution in [0.1, 0.15) is 21.5 Å². The van der Waals surface area contributed by atoms with Crippen LogP contribution in [0.5, 0.6) is 0 Å². The van der Waals surface area contributed by atoms with Crippen LogP contribution in [0.2, 0.25) is 0 Å². The number of anilines is 3. The topological polar surface area (TPSA) is 52.7 Å². The predicted molar refractivity (Wildman–Crippen MR) is 114 cm³/mol. The number of nitrogens with zero attached hydrogens (tertiary/aromatic N) is 2. The van der Waals surface area contributed by atoms with Crippen molar-refractivity contribution >= 4 is 28.9 Å². The van der Waals surface area contributed by atoms with Gasteiger partial charge in [0.1, 0.15) is 6.54 Å². The largest absolute Gasteiger partial charge is 0.367 e. The number of carbonyl (C=O) groups excluding carboxylic acids is 2. The molecular weight excluding hydrogens is 362 g/mol. The maximum atomic E-state index is 13.1. The summed E-state index contributed by atoms with van der Waals surface area (Å²) in [7, 11) is 0. The summed E-state index contributed by atoms with van der Waals surface area (Å²) in [5, 5.41) is 2.82. The van der Waals surface area contributed by atoms with E-state index in [4.69, 9.17) is 0 Å². The van der Waals surface area contributed by atoms with Crippen molar-refractivity contribution in [3.05, 3.63) is 89.5 Å². The molecule has 5 nitrogen and oxygen atoms in total. The first-order chi connectivity index (χ1) is 14.2. The Kier molecular flexibility index (Phi) is 4.28. The van der Waals surface area contributed by atoms with Gasteiger partial charge in [0.2, 0.25) is 5.91 Å². The molecule has 0 aliphatic carbocycles. The van der Waals surface area contributed by atoms with Crippen molar-refractivity contribution in [3.8, 4) is 0 Å². The van der Waals surface area contributed by atoms with Gasteiger partial charge in [-0.2, -0.15) is 0 Å². The van der Waals surface area contributed by atoms with E-state index in [0.717, 1.165) is 30.8 Å². The summed E-state index contributed by atoms with van der Waals surface area (Å²) >= 11 is 0. The average Bonchev–Trinajstić information content (AvgIpc) is 3.16. The van der Waals surface area contributed by atoms with Crippen LogP contribution in [0.25, 0.3) is 0 Å². The van der Waals surface area contributed by atoms with E-state index in [-0.39, 0.29) is 18.4 Å². The molecule has 3 aromatic carbocycles. The molecule has 5 heteroatoms. The Morgan fingerprint density at radius 1 is 0.897 bits per heavy atom. The van der Waals surface area contributed by atoms with Crippen molar-refractivity contribution in [1.29, 1.82) is 0 Å². The number of amides is 2. The van der Waals surface area contributed by atoms with Crippen LogP contribution in [0.4, 0.5) is 17.1 Å². The minimum Gasteiger partial charge on any atom is -0.367 e. The van der Waals surface area contributed by atoms with Crippen molar-refractivity contribution < 1.29 is 9.59 Å². The van der Waals surface area contributed by atoms with Gasteiger partial charge in [-0.05, 0) is 47.9 Å². The molecular formula is C24H21N3O2. The normalized spacial score (nSPS) is 15.0. The molecule has 0 bridgehead atoms. The molecule has 2 aliphatic heterocycles. The Morgan fingerprint density at radius 2 is 1.62 bits per heavy atom. The highest BCUT2D eigenvalue weighted by Gasteiger charge is 2.27. The Hall–Kier alpha value is -3.60. The summed E-state index contributed by atoms with van der Waals surface area (Å²) in [4.78, 5) is 29.0. The molecule has 0 fully saturated rings. The van der Waals surface area contributed by atoms with Gasteiger partial charge in [0.25, 0.3) is 5.91 Å². The number of para-hydroxylation sites is 3. The third kappa shape index (κ3) is 3.25. The van der Waals surface area contributed by atoms with Gasteiger partial charge in [-0.15, -0.1) is 0 Å². The highest BCUT2D eigenvalue weighted by molar-refractivity contribution is 6.15. The van der Waals surface area contributed by atoms with Crippen LogP contribution in [0, 0.1) is 0 Å². The van der Waals surface area contributed by atoms with Crippen LogP contribution < -0.4 is 15.1 Å². The van der Waals surface area contributed by atoms with Crippen molar-refractivity contribution in [2.45, 2.75) is 13.0 Å². The predicted octanol–water partition coefficient (Wildman–Crippen LogP) is 3.85. The molecule has 144 valence electrons. The maximum Gasteiger partial charge on any atom is 0.258 e. The first-order valence-corrected chi connectivity index (χ1v) is 9.81. The number of nitrogens with one attached hydrogen (secondary N) is 1. The van der Waals surface area contributed by atoms with Crippen molar-refractivity contribution in [1.82, 2.24) is 0 Å². The van der Waals surface area contributed by atoms with Crippen LogP contribution in [0.3, 0.4) is 0 Å². The van der Waals surface area contributed by atoms with Crippen molar-refractivity contribution in [2.24, 2.45) is 0 Å². The summed E-state index contributed by atoms with van der Waals surface area (Å²) in [6, 6.07) is 23.6. The number of benzene rings is 3. The zero-order chi connectivity index (χ0) is 19.8. The summed E-state index contributed by atoms with van der Waals surface area (Å²) in [6.07, 6.45) is 1.07. The molecule has 29 heavy (non-hydrogen) atoms. The van der Waals surface area contributed by atoms with Crippen molar-refractivity contribution in [2.75, 3.05) is 28.2 Å². The second-order valence-electron chi connectivity index (χ2n) is 7.45. The molecule has 5 rings (SSSR count). The summed E-state index contributed by atoms with van der Waals surface area (Å²) < 4.78 is 0. The fourth-order valence-electron chi connectivity index (χ4n) is 4.11. The van der Waals surface area contributed by atoms with Gasteiger partial charge in [0.15, 0.2) is 0 Å². The lowest BCUT2D eigenvalue weighted by atomic mass is 10.1. The van der Waals surface area contributed by atoms with E-state index in [9.17, 15) is 9.59 Å². The summed E-state index contributed by atoms with van der Waals surface area (Å²) in [6.45, 7) is 1.86. The molecule has 1 N–H and O–H groups in total. The van der Waals surface area contributed by atoms with Crippen LogP contribution in [0.15, 0.2) is 72.8 Å². The zero-order valence-corrected chi connectivity index (χ0v) is 16.0. The Labute approximate surface area is 169 Å². The molecule has 0 spiro atoms. The Morgan fingerprint density at radius 3 is 2.45 bits per heavy atom. The fourth-order valence-corrected chi connectivity index (χ4v) is 4.11. The minimum absolute atomic E-state index is 0.0299. The first-order valence-electron chi connectivity index (χ1n) is 9.81. The quantitative estimate of drug-likeness (QED) is 0.748. The van der Waals surface area contributed by atoms with Crippen LogP contribution in [-0.2, 0) is 17.8 Å².